The zero-order chi connectivity index (χ0) is 31.1. The molecule has 6 aromatic carbocycles. The van der Waals surface area contributed by atoms with Crippen LogP contribution in [0.3, 0.4) is 0 Å². The summed E-state index contributed by atoms with van der Waals surface area (Å²) in [5.41, 5.74) is 8.90. The number of fused-ring (bicyclic) bond motifs is 13. The predicted molar refractivity (Wildman–Crippen MR) is 187 cm³/mol. The molecular weight excluding hydrogens is 598 g/mol. The quantitative estimate of drug-likeness (QED) is 0.202. The van der Waals surface area contributed by atoms with Crippen LogP contribution in [0.25, 0.3) is 33.1 Å². The average Bonchev–Trinajstić information content (AvgIpc) is 3.70. The minimum Gasteiger partial charge on any atom is -0.466 e. The van der Waals surface area contributed by atoms with Gasteiger partial charge in [0.2, 0.25) is 0 Å². The molecule has 0 saturated carbocycles. The number of ether oxygens (including phenoxy) is 4. The van der Waals surface area contributed by atoms with Gasteiger partial charge in [-0.1, -0.05) is 66.7 Å². The molecule has 0 radical (unpaired) electrons. The van der Waals surface area contributed by atoms with Crippen molar-refractivity contribution < 1.29 is 27.8 Å². The first-order valence-corrected chi connectivity index (χ1v) is 16.1. The molecule has 8 aromatic rings. The molecule has 2 aromatic heterocycles. The second kappa shape index (κ2) is 8.75. The molecule has 0 atom stereocenters. The molecule has 4 aliphatic heterocycles. The second-order valence-corrected chi connectivity index (χ2v) is 12.7. The molecular formula is C40H20B2O6. The molecule has 0 unspecified atom stereocenters. The van der Waals surface area contributed by atoms with E-state index in [1.807, 2.05) is 84.9 Å². The fraction of sp³-hybridized carbons (Fsp3) is 0. The van der Waals surface area contributed by atoms with Crippen molar-refractivity contribution in [3.05, 3.63) is 121 Å². The molecule has 4 aliphatic rings. The van der Waals surface area contributed by atoms with Crippen LogP contribution in [0.4, 0.5) is 0 Å². The highest BCUT2D eigenvalue weighted by atomic mass is 16.5. The maximum atomic E-state index is 6.92. The van der Waals surface area contributed by atoms with Crippen LogP contribution in [0.2, 0.25) is 0 Å². The summed E-state index contributed by atoms with van der Waals surface area (Å²) in [6, 6.07) is 40.7. The Labute approximate surface area is 274 Å². The minimum atomic E-state index is -0.339. The molecule has 0 spiro atoms. The minimum absolute atomic E-state index is 0.238. The van der Waals surface area contributed by atoms with E-state index in [0.29, 0.717) is 11.5 Å². The fourth-order valence-electron chi connectivity index (χ4n) is 8.09. The Kier molecular flexibility index (Phi) is 4.54. The molecule has 0 bridgehead atoms. The standard InChI is InChI=1S/C40H20B2O6/c1-2-9-21(10-3-1)22-19-31-34-32(20-22)46-37-24-12-5-7-14-27(24)48-40(37)42(34)35-30(43-31)18-17-25-38(35)45-29-16-8-15-28-33(29)41(25)39-36(44-28)23-11-4-6-13-26(23)47-39/h1-20H. The third-order valence-electron chi connectivity index (χ3n) is 10.1. The maximum absolute atomic E-state index is 6.92. The fourth-order valence-corrected chi connectivity index (χ4v) is 8.09. The van der Waals surface area contributed by atoms with E-state index >= 15 is 0 Å². The average molecular weight is 618 g/mol. The molecule has 0 saturated heterocycles. The summed E-state index contributed by atoms with van der Waals surface area (Å²) in [5, 5.41) is 1.87. The molecule has 222 valence electrons. The lowest BCUT2D eigenvalue weighted by atomic mass is 9.33. The Morgan fingerprint density at radius 1 is 0.375 bits per heavy atom. The molecule has 0 amide bonds. The van der Waals surface area contributed by atoms with Crippen molar-refractivity contribution >= 4 is 68.5 Å². The monoisotopic (exact) mass is 618 g/mol. The van der Waals surface area contributed by atoms with Gasteiger partial charge in [-0.05, 0) is 71.2 Å². The molecule has 0 N–H and O–H groups in total. The zero-order valence-electron chi connectivity index (χ0n) is 25.2. The number of hydrogen-bond acceptors (Lipinski definition) is 6. The Balaban J connectivity index is 1.14. The normalized spacial score (nSPS) is 14.0. The van der Waals surface area contributed by atoms with Gasteiger partial charge in [0.1, 0.15) is 57.0 Å². The van der Waals surface area contributed by atoms with Gasteiger partial charge in [0.05, 0.1) is 10.8 Å². The molecule has 0 fully saturated rings. The second-order valence-electron chi connectivity index (χ2n) is 12.7. The largest absolute Gasteiger partial charge is 0.466 e. The van der Waals surface area contributed by atoms with Crippen molar-refractivity contribution in [3.8, 4) is 57.1 Å². The topological polar surface area (TPSA) is 63.2 Å². The van der Waals surface area contributed by atoms with Gasteiger partial charge in [0, 0.05) is 16.4 Å². The van der Waals surface area contributed by atoms with Crippen LogP contribution < -0.4 is 52.1 Å². The Morgan fingerprint density at radius 3 is 1.67 bits per heavy atom. The third kappa shape index (κ3) is 3.10. The predicted octanol–water partition coefficient (Wildman–Crippen LogP) is 6.30. The Hall–Kier alpha value is -6.27. The van der Waals surface area contributed by atoms with Crippen LogP contribution in [0.15, 0.2) is 130 Å². The molecule has 48 heavy (non-hydrogen) atoms. The van der Waals surface area contributed by atoms with Gasteiger partial charge < -0.3 is 27.8 Å². The van der Waals surface area contributed by atoms with E-state index in [9.17, 15) is 0 Å². The lowest BCUT2D eigenvalue weighted by molar-refractivity contribution is 0.450. The van der Waals surface area contributed by atoms with Gasteiger partial charge in [-0.25, -0.2) is 0 Å². The molecule has 6 heterocycles. The summed E-state index contributed by atoms with van der Waals surface area (Å²) >= 11 is 0. The number of hydrogen-bond donors (Lipinski definition) is 0. The van der Waals surface area contributed by atoms with Crippen molar-refractivity contribution in [2.24, 2.45) is 0 Å². The number of furan rings is 2. The first kappa shape index (κ1) is 24.9. The number of benzene rings is 6. The van der Waals surface area contributed by atoms with Crippen LogP contribution >= 0.6 is 0 Å². The summed E-state index contributed by atoms with van der Waals surface area (Å²) in [7, 11) is 0. The summed E-state index contributed by atoms with van der Waals surface area (Å²) in [5.74, 6) is 5.88. The van der Waals surface area contributed by atoms with E-state index in [2.05, 4.69) is 36.4 Å². The summed E-state index contributed by atoms with van der Waals surface area (Å²) in [6.45, 7) is -0.577. The highest BCUT2D eigenvalue weighted by Gasteiger charge is 2.50. The lowest BCUT2D eigenvalue weighted by Crippen LogP contribution is -2.62. The van der Waals surface area contributed by atoms with Crippen molar-refractivity contribution in [1.29, 1.82) is 0 Å². The van der Waals surface area contributed by atoms with Gasteiger partial charge in [0.15, 0.2) is 11.5 Å². The molecule has 12 rings (SSSR count). The van der Waals surface area contributed by atoms with Crippen LogP contribution in [-0.4, -0.2) is 13.4 Å². The smallest absolute Gasteiger partial charge is 0.310 e. The summed E-state index contributed by atoms with van der Waals surface area (Å²) < 4.78 is 40.3. The molecule has 6 nitrogen and oxygen atoms in total. The van der Waals surface area contributed by atoms with E-state index in [0.717, 1.165) is 101 Å². The SMILES string of the molecule is c1ccc(-c2cc3c4c(c2)Oc2c(oc5ccccc25)B4c2c(ccc4c2Oc2cccc5c2B4c2oc4ccccc4c2O5)O3)cc1. The summed E-state index contributed by atoms with van der Waals surface area (Å²) in [6.07, 6.45) is 0. The maximum Gasteiger partial charge on any atom is 0.310 e. The van der Waals surface area contributed by atoms with Crippen LogP contribution in [0.1, 0.15) is 0 Å². The van der Waals surface area contributed by atoms with Crippen LogP contribution in [0, 0.1) is 0 Å². The number of rotatable bonds is 1. The first-order valence-electron chi connectivity index (χ1n) is 16.1. The van der Waals surface area contributed by atoms with Crippen molar-refractivity contribution in [2.45, 2.75) is 0 Å². The first-order chi connectivity index (χ1) is 23.8. The highest BCUT2D eigenvalue weighted by Crippen LogP contribution is 2.44. The van der Waals surface area contributed by atoms with E-state index < -0.39 is 0 Å². The molecule has 0 aliphatic carbocycles. The van der Waals surface area contributed by atoms with Crippen LogP contribution in [-0.2, 0) is 0 Å². The zero-order valence-corrected chi connectivity index (χ0v) is 25.2. The van der Waals surface area contributed by atoms with Crippen molar-refractivity contribution in [1.82, 2.24) is 0 Å². The van der Waals surface area contributed by atoms with Gasteiger partial charge in [-0.15, -0.1) is 0 Å². The summed E-state index contributed by atoms with van der Waals surface area (Å²) in [4.78, 5) is 0. The lowest BCUT2D eigenvalue weighted by Gasteiger charge is -2.36. The third-order valence-corrected chi connectivity index (χ3v) is 10.1. The Morgan fingerprint density at radius 2 is 0.938 bits per heavy atom. The van der Waals surface area contributed by atoms with Gasteiger partial charge in [-0.3, -0.25) is 0 Å². The van der Waals surface area contributed by atoms with Crippen LogP contribution in [0.5, 0.6) is 46.0 Å². The van der Waals surface area contributed by atoms with Gasteiger partial charge in [0.25, 0.3) is 0 Å². The highest BCUT2D eigenvalue weighted by molar-refractivity contribution is 7.01. The van der Waals surface area contributed by atoms with Gasteiger partial charge in [-0.2, -0.15) is 0 Å². The van der Waals surface area contributed by atoms with E-state index in [1.54, 1.807) is 0 Å². The number of para-hydroxylation sites is 2. The van der Waals surface area contributed by atoms with E-state index in [-0.39, 0.29) is 13.4 Å². The van der Waals surface area contributed by atoms with Gasteiger partial charge >= 0.3 is 13.4 Å². The molecule has 8 heteroatoms. The van der Waals surface area contributed by atoms with Crippen molar-refractivity contribution in [3.63, 3.8) is 0 Å². The van der Waals surface area contributed by atoms with E-state index in [1.165, 1.54) is 0 Å². The van der Waals surface area contributed by atoms with Crippen molar-refractivity contribution in [2.75, 3.05) is 0 Å². The van der Waals surface area contributed by atoms with E-state index in [4.69, 9.17) is 27.8 Å². The Bertz CT molecular complexity index is 2710.